The highest BCUT2D eigenvalue weighted by Gasteiger charge is 2.44. The van der Waals surface area contributed by atoms with Gasteiger partial charge in [-0.1, -0.05) is 0 Å². The standard InChI is InChI=1S/C17H27N5O2/c23-17(3-6-22-12-18-11-19-22)20-16-10-21(9-15(16)13-1-2-13)14-4-7-24-8-5-14/h11-16H,1-10H2,(H,20,23). The average molecular weight is 333 g/mol. The summed E-state index contributed by atoms with van der Waals surface area (Å²) in [5.74, 6) is 1.58. The number of aryl methyl sites for hydroxylation is 1. The fraction of sp³-hybridized carbons (Fsp3) is 0.824. The molecule has 132 valence electrons. The molecule has 2 unspecified atom stereocenters. The van der Waals surface area contributed by atoms with Crippen molar-refractivity contribution in [1.29, 1.82) is 0 Å². The Kier molecular flexibility index (Phi) is 4.80. The van der Waals surface area contributed by atoms with Crippen LogP contribution in [-0.2, 0) is 16.1 Å². The molecule has 2 atom stereocenters. The maximum atomic E-state index is 12.4. The molecule has 1 amide bonds. The Balaban J connectivity index is 1.31. The van der Waals surface area contributed by atoms with E-state index in [1.165, 1.54) is 19.2 Å². The van der Waals surface area contributed by atoms with Crippen LogP contribution in [0.2, 0.25) is 0 Å². The van der Waals surface area contributed by atoms with Crippen molar-refractivity contribution in [2.45, 2.75) is 50.7 Å². The Bertz CT molecular complexity index is 539. The molecule has 1 aromatic rings. The number of carbonyl (C=O) groups is 1. The molecule has 1 N–H and O–H groups in total. The SMILES string of the molecule is O=C(CCn1cncn1)NC1CN(C2CCOCC2)CC1C1CC1. The molecule has 2 saturated heterocycles. The van der Waals surface area contributed by atoms with Crippen LogP contribution in [0.3, 0.4) is 0 Å². The van der Waals surface area contributed by atoms with Gasteiger partial charge in [0.2, 0.25) is 5.91 Å². The van der Waals surface area contributed by atoms with Crippen LogP contribution in [0.25, 0.3) is 0 Å². The van der Waals surface area contributed by atoms with Crippen molar-refractivity contribution in [3.8, 4) is 0 Å². The molecule has 3 heterocycles. The second-order valence-corrected chi connectivity index (χ2v) is 7.38. The second-order valence-electron chi connectivity index (χ2n) is 7.38. The lowest BCUT2D eigenvalue weighted by molar-refractivity contribution is -0.122. The molecule has 0 radical (unpaired) electrons. The zero-order valence-corrected chi connectivity index (χ0v) is 14.1. The minimum Gasteiger partial charge on any atom is -0.381 e. The van der Waals surface area contributed by atoms with Crippen molar-refractivity contribution in [3.05, 3.63) is 12.7 Å². The zero-order chi connectivity index (χ0) is 16.4. The highest BCUT2D eigenvalue weighted by Crippen LogP contribution is 2.42. The van der Waals surface area contributed by atoms with Gasteiger partial charge in [-0.25, -0.2) is 4.98 Å². The maximum absolute atomic E-state index is 12.4. The normalized spacial score (nSPS) is 29.0. The summed E-state index contributed by atoms with van der Waals surface area (Å²) in [4.78, 5) is 18.9. The summed E-state index contributed by atoms with van der Waals surface area (Å²) in [6.45, 7) is 4.50. The van der Waals surface area contributed by atoms with Crippen LogP contribution >= 0.6 is 0 Å². The molecule has 0 aromatic carbocycles. The first kappa shape index (κ1) is 16.0. The number of hydrogen-bond acceptors (Lipinski definition) is 5. The van der Waals surface area contributed by atoms with Crippen LogP contribution < -0.4 is 5.32 Å². The summed E-state index contributed by atoms with van der Waals surface area (Å²) in [5, 5.41) is 7.36. The maximum Gasteiger partial charge on any atom is 0.222 e. The van der Waals surface area contributed by atoms with Gasteiger partial charge < -0.3 is 10.1 Å². The first-order chi connectivity index (χ1) is 11.8. The third-order valence-electron chi connectivity index (χ3n) is 5.71. The first-order valence-corrected chi connectivity index (χ1v) is 9.23. The molecule has 4 rings (SSSR count). The van der Waals surface area contributed by atoms with Crippen molar-refractivity contribution >= 4 is 5.91 Å². The van der Waals surface area contributed by atoms with E-state index in [1.807, 2.05) is 0 Å². The van der Waals surface area contributed by atoms with Gasteiger partial charge in [0, 0.05) is 44.8 Å². The number of rotatable bonds is 6. The molecule has 1 aliphatic carbocycles. The number of hydrogen-bond donors (Lipinski definition) is 1. The van der Waals surface area contributed by atoms with Crippen LogP contribution in [0.4, 0.5) is 0 Å². The van der Waals surface area contributed by atoms with Gasteiger partial charge in [0.15, 0.2) is 0 Å². The molecule has 2 aliphatic heterocycles. The molecule has 3 fully saturated rings. The number of nitrogens with one attached hydrogen (secondary N) is 1. The lowest BCUT2D eigenvalue weighted by Crippen LogP contribution is -2.43. The predicted octanol–water partition coefficient (Wildman–Crippen LogP) is 0.674. The van der Waals surface area contributed by atoms with Crippen molar-refractivity contribution in [2.24, 2.45) is 11.8 Å². The summed E-state index contributed by atoms with van der Waals surface area (Å²) in [6, 6.07) is 0.945. The Morgan fingerprint density at radius 3 is 2.75 bits per heavy atom. The fourth-order valence-electron chi connectivity index (χ4n) is 4.21. The van der Waals surface area contributed by atoms with E-state index < -0.39 is 0 Å². The van der Waals surface area contributed by atoms with Crippen molar-refractivity contribution in [1.82, 2.24) is 25.0 Å². The number of ether oxygens (including phenoxy) is 1. The van der Waals surface area contributed by atoms with E-state index >= 15 is 0 Å². The predicted molar refractivity (Wildman–Crippen MR) is 88.2 cm³/mol. The van der Waals surface area contributed by atoms with Crippen molar-refractivity contribution in [3.63, 3.8) is 0 Å². The van der Waals surface area contributed by atoms with Gasteiger partial charge in [-0.15, -0.1) is 0 Å². The zero-order valence-electron chi connectivity index (χ0n) is 14.1. The molecule has 0 spiro atoms. The Labute approximate surface area is 142 Å². The second kappa shape index (κ2) is 7.19. The Hall–Kier alpha value is -1.47. The minimum absolute atomic E-state index is 0.134. The minimum atomic E-state index is 0.134. The van der Waals surface area contributed by atoms with Gasteiger partial charge in [0.25, 0.3) is 0 Å². The lowest BCUT2D eigenvalue weighted by atomic mass is 9.98. The van der Waals surface area contributed by atoms with E-state index in [9.17, 15) is 4.79 Å². The van der Waals surface area contributed by atoms with Gasteiger partial charge in [-0.2, -0.15) is 5.10 Å². The van der Waals surface area contributed by atoms with E-state index in [1.54, 1.807) is 11.0 Å². The first-order valence-electron chi connectivity index (χ1n) is 9.23. The Morgan fingerprint density at radius 2 is 2.04 bits per heavy atom. The van der Waals surface area contributed by atoms with Crippen LogP contribution in [0.1, 0.15) is 32.1 Å². The van der Waals surface area contributed by atoms with E-state index in [0.29, 0.717) is 31.0 Å². The summed E-state index contributed by atoms with van der Waals surface area (Å²) in [6.07, 6.45) is 8.55. The van der Waals surface area contributed by atoms with Crippen LogP contribution in [0.5, 0.6) is 0 Å². The monoisotopic (exact) mass is 333 g/mol. The number of amides is 1. The third kappa shape index (κ3) is 3.78. The summed E-state index contributed by atoms with van der Waals surface area (Å²) in [7, 11) is 0. The van der Waals surface area contributed by atoms with Gasteiger partial charge in [-0.05, 0) is 37.5 Å². The molecular weight excluding hydrogens is 306 g/mol. The van der Waals surface area contributed by atoms with Crippen LogP contribution in [-0.4, -0.2) is 64.0 Å². The summed E-state index contributed by atoms with van der Waals surface area (Å²) >= 11 is 0. The number of aromatic nitrogens is 3. The lowest BCUT2D eigenvalue weighted by Gasteiger charge is -2.31. The molecule has 1 aromatic heterocycles. The van der Waals surface area contributed by atoms with Crippen molar-refractivity contribution < 1.29 is 9.53 Å². The van der Waals surface area contributed by atoms with Gasteiger partial charge >= 0.3 is 0 Å². The smallest absolute Gasteiger partial charge is 0.222 e. The van der Waals surface area contributed by atoms with Gasteiger partial charge in [0.1, 0.15) is 12.7 Å². The number of nitrogens with zero attached hydrogens (tertiary/aromatic N) is 4. The largest absolute Gasteiger partial charge is 0.381 e. The highest BCUT2D eigenvalue weighted by atomic mass is 16.5. The average Bonchev–Trinajstić information content (AvgIpc) is 3.16. The van der Waals surface area contributed by atoms with Crippen LogP contribution in [0, 0.1) is 11.8 Å². The van der Waals surface area contributed by atoms with E-state index in [-0.39, 0.29) is 5.91 Å². The fourth-order valence-corrected chi connectivity index (χ4v) is 4.21. The van der Waals surface area contributed by atoms with Crippen LogP contribution in [0.15, 0.2) is 12.7 Å². The number of carbonyl (C=O) groups excluding carboxylic acids is 1. The molecular formula is C17H27N5O2. The van der Waals surface area contributed by atoms with Gasteiger partial charge in [-0.3, -0.25) is 14.4 Å². The Morgan fingerprint density at radius 1 is 1.21 bits per heavy atom. The third-order valence-corrected chi connectivity index (χ3v) is 5.71. The molecule has 7 heteroatoms. The quantitative estimate of drug-likeness (QED) is 0.829. The molecule has 0 bridgehead atoms. The van der Waals surface area contributed by atoms with Gasteiger partial charge in [0.05, 0.1) is 6.54 Å². The number of likely N-dealkylation sites (tertiary alicyclic amines) is 1. The van der Waals surface area contributed by atoms with E-state index in [0.717, 1.165) is 45.1 Å². The van der Waals surface area contributed by atoms with Crippen molar-refractivity contribution in [2.75, 3.05) is 26.3 Å². The molecule has 24 heavy (non-hydrogen) atoms. The summed E-state index contributed by atoms with van der Waals surface area (Å²) < 4.78 is 7.20. The molecule has 3 aliphatic rings. The topological polar surface area (TPSA) is 72.3 Å². The van der Waals surface area contributed by atoms with E-state index in [4.69, 9.17) is 4.74 Å². The summed E-state index contributed by atoms with van der Waals surface area (Å²) in [5.41, 5.74) is 0. The van der Waals surface area contributed by atoms with E-state index in [2.05, 4.69) is 20.3 Å². The highest BCUT2D eigenvalue weighted by molar-refractivity contribution is 5.76. The molecule has 1 saturated carbocycles. The molecule has 7 nitrogen and oxygen atoms in total.